The van der Waals surface area contributed by atoms with E-state index in [-0.39, 0.29) is 23.9 Å². The monoisotopic (exact) mass is 341 g/mol. The van der Waals surface area contributed by atoms with Crippen LogP contribution in [0.25, 0.3) is 0 Å². The van der Waals surface area contributed by atoms with Crippen LogP contribution in [0.3, 0.4) is 0 Å². The maximum Gasteiger partial charge on any atom is 0.268 e. The maximum absolute atomic E-state index is 12.8. The van der Waals surface area contributed by atoms with Crippen molar-refractivity contribution in [1.29, 1.82) is 0 Å². The van der Waals surface area contributed by atoms with E-state index in [0.717, 1.165) is 30.6 Å². The Kier molecular flexibility index (Phi) is 4.07. The van der Waals surface area contributed by atoms with Crippen molar-refractivity contribution in [3.05, 3.63) is 41.5 Å². The van der Waals surface area contributed by atoms with Gasteiger partial charge in [0.1, 0.15) is 5.69 Å². The van der Waals surface area contributed by atoms with Gasteiger partial charge in [-0.3, -0.25) is 14.3 Å². The third-order valence-electron chi connectivity index (χ3n) is 5.11. The highest BCUT2D eigenvalue weighted by Crippen LogP contribution is 2.41. The summed E-state index contributed by atoms with van der Waals surface area (Å²) in [5.41, 5.74) is 2.68. The van der Waals surface area contributed by atoms with Crippen molar-refractivity contribution in [2.24, 2.45) is 0 Å². The molecule has 2 fully saturated rings. The van der Waals surface area contributed by atoms with Crippen molar-refractivity contribution in [2.45, 2.75) is 57.2 Å². The molecule has 0 bridgehead atoms. The molecular weight excluding hydrogens is 318 g/mol. The standard InChI is InChI=1S/C18H23N5O2/c1-2-23-14(8-10-20-23)17-13(5-6-15(24)22-17)21-18(25)16-12(7-9-19-16)11-3-4-11/h7-11,13,17,19H,2-6H2,1H3,(H,21,25)(H,22,24). The minimum Gasteiger partial charge on any atom is -0.357 e. The number of hydrogen-bond acceptors (Lipinski definition) is 3. The first-order valence-electron chi connectivity index (χ1n) is 8.96. The summed E-state index contributed by atoms with van der Waals surface area (Å²) in [6, 6.07) is 3.50. The van der Waals surface area contributed by atoms with Gasteiger partial charge in [0.25, 0.3) is 5.91 Å². The van der Waals surface area contributed by atoms with Gasteiger partial charge in [-0.15, -0.1) is 0 Å². The number of aromatic amines is 1. The lowest BCUT2D eigenvalue weighted by molar-refractivity contribution is -0.123. The Morgan fingerprint density at radius 2 is 2.20 bits per heavy atom. The van der Waals surface area contributed by atoms with E-state index in [1.807, 2.05) is 29.9 Å². The zero-order valence-corrected chi connectivity index (χ0v) is 14.3. The molecule has 1 aliphatic heterocycles. The Labute approximate surface area is 146 Å². The molecule has 1 aliphatic carbocycles. The van der Waals surface area contributed by atoms with Crippen LogP contribution >= 0.6 is 0 Å². The number of piperidine rings is 1. The van der Waals surface area contributed by atoms with Crippen LogP contribution in [-0.2, 0) is 11.3 Å². The molecule has 3 N–H and O–H groups in total. The molecule has 2 aliphatic rings. The van der Waals surface area contributed by atoms with Gasteiger partial charge in [0.15, 0.2) is 0 Å². The number of aromatic nitrogens is 3. The third-order valence-corrected chi connectivity index (χ3v) is 5.11. The molecule has 2 amide bonds. The number of H-pyrrole nitrogens is 1. The fourth-order valence-electron chi connectivity index (χ4n) is 3.66. The van der Waals surface area contributed by atoms with Crippen molar-refractivity contribution in [2.75, 3.05) is 0 Å². The molecule has 2 atom stereocenters. The van der Waals surface area contributed by atoms with Crippen LogP contribution in [0.1, 0.15) is 66.3 Å². The van der Waals surface area contributed by atoms with E-state index in [1.165, 1.54) is 0 Å². The van der Waals surface area contributed by atoms with E-state index in [4.69, 9.17) is 0 Å². The molecule has 0 aromatic carbocycles. The third kappa shape index (κ3) is 3.06. The molecule has 2 unspecified atom stereocenters. The number of aryl methyl sites for hydroxylation is 1. The second-order valence-corrected chi connectivity index (χ2v) is 6.82. The Morgan fingerprint density at radius 3 is 2.96 bits per heavy atom. The van der Waals surface area contributed by atoms with Crippen molar-refractivity contribution in [3.8, 4) is 0 Å². The first-order valence-corrected chi connectivity index (χ1v) is 8.96. The van der Waals surface area contributed by atoms with E-state index in [1.54, 1.807) is 6.20 Å². The molecule has 0 radical (unpaired) electrons. The van der Waals surface area contributed by atoms with Crippen molar-refractivity contribution in [1.82, 2.24) is 25.4 Å². The minimum atomic E-state index is -0.257. The van der Waals surface area contributed by atoms with Crippen molar-refractivity contribution in [3.63, 3.8) is 0 Å². The van der Waals surface area contributed by atoms with Crippen LogP contribution in [0, 0.1) is 0 Å². The first-order chi connectivity index (χ1) is 12.2. The lowest BCUT2D eigenvalue weighted by Gasteiger charge is -2.33. The zero-order chi connectivity index (χ0) is 17.4. The molecule has 7 heteroatoms. The fraction of sp³-hybridized carbons (Fsp3) is 0.500. The molecule has 1 saturated carbocycles. The summed E-state index contributed by atoms with van der Waals surface area (Å²) in [5.74, 6) is 0.425. The van der Waals surface area contributed by atoms with Crippen molar-refractivity contribution < 1.29 is 9.59 Å². The maximum atomic E-state index is 12.8. The van der Waals surface area contributed by atoms with Gasteiger partial charge in [0.2, 0.25) is 5.91 Å². The molecule has 132 valence electrons. The molecule has 25 heavy (non-hydrogen) atoms. The number of rotatable bonds is 5. The number of nitrogens with zero attached hydrogens (tertiary/aromatic N) is 2. The highest BCUT2D eigenvalue weighted by atomic mass is 16.2. The predicted molar refractivity (Wildman–Crippen MR) is 92.0 cm³/mol. The number of hydrogen-bond donors (Lipinski definition) is 3. The second kappa shape index (κ2) is 6.38. The lowest BCUT2D eigenvalue weighted by Crippen LogP contribution is -2.50. The molecule has 2 aromatic rings. The Bertz CT molecular complexity index is 789. The highest BCUT2D eigenvalue weighted by molar-refractivity contribution is 5.94. The summed E-state index contributed by atoms with van der Waals surface area (Å²) in [6.07, 6.45) is 6.90. The molecule has 7 nitrogen and oxygen atoms in total. The summed E-state index contributed by atoms with van der Waals surface area (Å²) in [6.45, 7) is 2.73. The number of carbonyl (C=O) groups excluding carboxylic acids is 2. The van der Waals surface area contributed by atoms with Crippen LogP contribution in [0.15, 0.2) is 24.5 Å². The summed E-state index contributed by atoms with van der Waals surface area (Å²) in [5, 5.41) is 10.4. The minimum absolute atomic E-state index is 0.0119. The van der Waals surface area contributed by atoms with Gasteiger partial charge in [-0.1, -0.05) is 0 Å². The Morgan fingerprint density at radius 1 is 1.36 bits per heavy atom. The number of nitrogens with one attached hydrogen (secondary N) is 3. The normalized spacial score (nSPS) is 23.3. The quantitative estimate of drug-likeness (QED) is 0.775. The summed E-state index contributed by atoms with van der Waals surface area (Å²) < 4.78 is 1.86. The molecule has 4 rings (SSSR count). The summed E-state index contributed by atoms with van der Waals surface area (Å²) in [7, 11) is 0. The predicted octanol–water partition coefficient (Wildman–Crippen LogP) is 1.86. The van der Waals surface area contributed by atoms with Crippen LogP contribution in [0.4, 0.5) is 0 Å². The Balaban J connectivity index is 1.55. The van der Waals surface area contributed by atoms with Crippen molar-refractivity contribution >= 4 is 11.8 Å². The molecular formula is C18H23N5O2. The summed E-state index contributed by atoms with van der Waals surface area (Å²) in [4.78, 5) is 27.8. The lowest BCUT2D eigenvalue weighted by atomic mass is 9.94. The number of carbonyl (C=O) groups is 2. The zero-order valence-electron chi connectivity index (χ0n) is 14.3. The van der Waals surface area contributed by atoms with Crippen LogP contribution in [-0.4, -0.2) is 32.6 Å². The topological polar surface area (TPSA) is 91.8 Å². The number of amides is 2. The molecule has 3 heterocycles. The van der Waals surface area contributed by atoms with E-state index in [2.05, 4.69) is 20.7 Å². The van der Waals surface area contributed by atoms with Gasteiger partial charge in [0.05, 0.1) is 17.8 Å². The van der Waals surface area contributed by atoms with Crippen LogP contribution < -0.4 is 10.6 Å². The van der Waals surface area contributed by atoms with E-state index in [9.17, 15) is 9.59 Å². The highest BCUT2D eigenvalue weighted by Gasteiger charge is 2.35. The molecule has 2 aromatic heterocycles. The average molecular weight is 341 g/mol. The van der Waals surface area contributed by atoms with Crippen LogP contribution in [0.5, 0.6) is 0 Å². The van der Waals surface area contributed by atoms with E-state index < -0.39 is 0 Å². The van der Waals surface area contributed by atoms with Gasteiger partial charge in [0, 0.05) is 25.4 Å². The summed E-state index contributed by atoms with van der Waals surface area (Å²) >= 11 is 0. The smallest absolute Gasteiger partial charge is 0.268 e. The van der Waals surface area contributed by atoms with Gasteiger partial charge < -0.3 is 15.6 Å². The van der Waals surface area contributed by atoms with Gasteiger partial charge >= 0.3 is 0 Å². The average Bonchev–Trinajstić information content (AvgIpc) is 3.15. The molecule has 1 saturated heterocycles. The second-order valence-electron chi connectivity index (χ2n) is 6.82. The SMILES string of the molecule is CCn1nccc1C1NC(=O)CCC1NC(=O)c1[nH]ccc1C1CC1. The van der Waals surface area contributed by atoms with E-state index in [0.29, 0.717) is 24.5 Å². The van der Waals surface area contributed by atoms with E-state index >= 15 is 0 Å². The fourth-order valence-corrected chi connectivity index (χ4v) is 3.66. The largest absolute Gasteiger partial charge is 0.357 e. The van der Waals surface area contributed by atoms with Crippen LogP contribution in [0.2, 0.25) is 0 Å². The van der Waals surface area contributed by atoms with Gasteiger partial charge in [-0.25, -0.2) is 0 Å². The molecule has 0 spiro atoms. The van der Waals surface area contributed by atoms with Gasteiger partial charge in [-0.2, -0.15) is 5.10 Å². The first kappa shape index (κ1) is 15.9. The Hall–Kier alpha value is -2.57. The van der Waals surface area contributed by atoms with Gasteiger partial charge in [-0.05, 0) is 49.8 Å².